The van der Waals surface area contributed by atoms with E-state index in [9.17, 15) is 4.79 Å². The van der Waals surface area contributed by atoms with Crippen molar-refractivity contribution < 1.29 is 4.79 Å². The standard InChI is InChI=1S/C17H35N3O.2ClH/c1-17(2,3)9-11-19-12-14-20(15-13-19)16(21)8-6-4-5-7-10-18;;/h4-15,18H2,1-3H3;2*1H. The van der Waals surface area contributed by atoms with Crippen molar-refractivity contribution in [2.45, 2.75) is 59.3 Å². The molecule has 0 aromatic heterocycles. The molecule has 0 bridgehead atoms. The number of halogens is 2. The third-order valence-electron chi connectivity index (χ3n) is 4.25. The zero-order valence-corrected chi connectivity index (χ0v) is 16.8. The van der Waals surface area contributed by atoms with E-state index in [0.29, 0.717) is 17.7 Å². The minimum absolute atomic E-state index is 0. The third-order valence-corrected chi connectivity index (χ3v) is 4.25. The minimum Gasteiger partial charge on any atom is -0.340 e. The van der Waals surface area contributed by atoms with Gasteiger partial charge in [0.2, 0.25) is 5.91 Å². The van der Waals surface area contributed by atoms with Crippen LogP contribution in [0, 0.1) is 5.41 Å². The number of rotatable bonds is 8. The summed E-state index contributed by atoms with van der Waals surface area (Å²) in [5, 5.41) is 0. The predicted octanol–water partition coefficient (Wildman–Crippen LogP) is 3.32. The molecule has 1 saturated heterocycles. The molecule has 2 N–H and O–H groups in total. The van der Waals surface area contributed by atoms with Crippen LogP contribution in [0.5, 0.6) is 0 Å². The van der Waals surface area contributed by atoms with E-state index in [1.165, 1.54) is 6.42 Å². The molecule has 0 unspecified atom stereocenters. The second kappa shape index (κ2) is 13.3. The van der Waals surface area contributed by atoms with Crippen LogP contribution < -0.4 is 5.73 Å². The molecule has 140 valence electrons. The lowest BCUT2D eigenvalue weighted by Gasteiger charge is -2.36. The molecule has 4 nitrogen and oxygen atoms in total. The zero-order chi connectivity index (χ0) is 15.7. The van der Waals surface area contributed by atoms with Crippen LogP contribution >= 0.6 is 24.8 Å². The summed E-state index contributed by atoms with van der Waals surface area (Å²) in [5.74, 6) is 0.346. The molecule has 23 heavy (non-hydrogen) atoms. The maximum atomic E-state index is 12.1. The van der Waals surface area contributed by atoms with E-state index < -0.39 is 0 Å². The Morgan fingerprint density at radius 3 is 2.04 bits per heavy atom. The summed E-state index contributed by atoms with van der Waals surface area (Å²) < 4.78 is 0. The average Bonchev–Trinajstić information content (AvgIpc) is 2.44. The molecule has 0 saturated carbocycles. The minimum atomic E-state index is 0. The monoisotopic (exact) mass is 369 g/mol. The summed E-state index contributed by atoms with van der Waals surface area (Å²) in [5.41, 5.74) is 5.87. The van der Waals surface area contributed by atoms with Crippen LogP contribution in [0.2, 0.25) is 0 Å². The molecule has 0 aliphatic carbocycles. The number of nitrogens with two attached hydrogens (primary N) is 1. The highest BCUT2D eigenvalue weighted by atomic mass is 35.5. The molecule has 0 radical (unpaired) electrons. The number of unbranched alkanes of at least 4 members (excludes halogenated alkanes) is 3. The van der Waals surface area contributed by atoms with E-state index >= 15 is 0 Å². The molecule has 1 heterocycles. The summed E-state index contributed by atoms with van der Waals surface area (Å²) in [6.07, 6.45) is 6.33. The van der Waals surface area contributed by atoms with Gasteiger partial charge in [-0.3, -0.25) is 9.69 Å². The first-order valence-corrected chi connectivity index (χ1v) is 8.62. The third kappa shape index (κ3) is 12.0. The van der Waals surface area contributed by atoms with Crippen LogP contribution in [0.1, 0.15) is 59.3 Å². The van der Waals surface area contributed by atoms with E-state index in [2.05, 4.69) is 30.6 Å². The number of hydrogen-bond acceptors (Lipinski definition) is 3. The number of carbonyl (C=O) groups excluding carboxylic acids is 1. The Kier molecular flexibility index (Phi) is 14.6. The summed E-state index contributed by atoms with van der Waals surface area (Å²) >= 11 is 0. The van der Waals surface area contributed by atoms with E-state index in [4.69, 9.17) is 5.73 Å². The summed E-state index contributed by atoms with van der Waals surface area (Å²) in [7, 11) is 0. The zero-order valence-electron chi connectivity index (χ0n) is 15.2. The highest BCUT2D eigenvalue weighted by molar-refractivity contribution is 5.85. The number of amides is 1. The van der Waals surface area contributed by atoms with Gasteiger partial charge in [-0.25, -0.2) is 0 Å². The Hall–Kier alpha value is -0.0300. The van der Waals surface area contributed by atoms with E-state index in [-0.39, 0.29) is 24.8 Å². The van der Waals surface area contributed by atoms with Crippen LogP contribution in [-0.4, -0.2) is 55.0 Å². The highest BCUT2D eigenvalue weighted by Gasteiger charge is 2.21. The van der Waals surface area contributed by atoms with Crippen molar-refractivity contribution in [1.29, 1.82) is 0 Å². The number of nitrogens with zero attached hydrogens (tertiary/aromatic N) is 2. The summed E-state index contributed by atoms with van der Waals surface area (Å²) in [6, 6.07) is 0. The maximum absolute atomic E-state index is 12.1. The largest absolute Gasteiger partial charge is 0.340 e. The van der Waals surface area contributed by atoms with Crippen LogP contribution in [0.4, 0.5) is 0 Å². The lowest BCUT2D eigenvalue weighted by molar-refractivity contribution is -0.133. The second-order valence-electron chi connectivity index (χ2n) is 7.49. The Morgan fingerprint density at radius 1 is 0.957 bits per heavy atom. The van der Waals surface area contributed by atoms with E-state index in [1.807, 2.05) is 0 Å². The topological polar surface area (TPSA) is 49.6 Å². The van der Waals surface area contributed by atoms with E-state index in [0.717, 1.165) is 65.0 Å². The Labute approximate surface area is 155 Å². The molecule has 6 heteroatoms. The fourth-order valence-electron chi connectivity index (χ4n) is 2.65. The molecule has 1 aliphatic rings. The van der Waals surface area contributed by atoms with Gasteiger partial charge in [0.1, 0.15) is 0 Å². The number of piperazine rings is 1. The highest BCUT2D eigenvalue weighted by Crippen LogP contribution is 2.19. The van der Waals surface area contributed by atoms with Crippen molar-refractivity contribution in [1.82, 2.24) is 9.80 Å². The van der Waals surface area contributed by atoms with Crippen LogP contribution in [-0.2, 0) is 4.79 Å². The Balaban J connectivity index is 0. The van der Waals surface area contributed by atoms with Crippen LogP contribution in [0.15, 0.2) is 0 Å². The van der Waals surface area contributed by atoms with Gasteiger partial charge >= 0.3 is 0 Å². The molecule has 0 aromatic rings. The van der Waals surface area contributed by atoms with Crippen molar-refractivity contribution >= 4 is 30.7 Å². The van der Waals surface area contributed by atoms with Crippen molar-refractivity contribution in [3.05, 3.63) is 0 Å². The summed E-state index contributed by atoms with van der Waals surface area (Å²) in [6.45, 7) is 12.7. The van der Waals surface area contributed by atoms with E-state index in [1.54, 1.807) is 0 Å². The fraction of sp³-hybridized carbons (Fsp3) is 0.941. The van der Waals surface area contributed by atoms with Gasteiger partial charge in [-0.15, -0.1) is 24.8 Å². The lowest BCUT2D eigenvalue weighted by Crippen LogP contribution is -2.49. The fourth-order valence-corrected chi connectivity index (χ4v) is 2.65. The molecule has 1 aliphatic heterocycles. The Morgan fingerprint density at radius 2 is 1.52 bits per heavy atom. The number of carbonyl (C=O) groups is 1. The SMILES string of the molecule is CC(C)(C)CCN1CCN(C(=O)CCCCCCN)CC1.Cl.Cl. The summed E-state index contributed by atoms with van der Waals surface area (Å²) in [4.78, 5) is 16.7. The quantitative estimate of drug-likeness (QED) is 0.667. The molecular formula is C17H37Cl2N3O. The van der Waals surface area contributed by atoms with Gasteiger partial charge in [-0.2, -0.15) is 0 Å². The predicted molar refractivity (Wildman–Crippen MR) is 104 cm³/mol. The number of hydrogen-bond donors (Lipinski definition) is 1. The molecule has 0 aromatic carbocycles. The Bertz CT molecular complexity index is 301. The lowest BCUT2D eigenvalue weighted by atomic mass is 9.92. The van der Waals surface area contributed by atoms with Crippen molar-refractivity contribution in [3.8, 4) is 0 Å². The smallest absolute Gasteiger partial charge is 0.222 e. The average molecular weight is 370 g/mol. The van der Waals surface area contributed by atoms with Gasteiger partial charge in [0.15, 0.2) is 0 Å². The van der Waals surface area contributed by atoms with Gasteiger partial charge in [-0.05, 0) is 37.8 Å². The molecule has 0 spiro atoms. The second-order valence-corrected chi connectivity index (χ2v) is 7.49. The maximum Gasteiger partial charge on any atom is 0.222 e. The van der Waals surface area contributed by atoms with Crippen molar-refractivity contribution in [2.75, 3.05) is 39.3 Å². The van der Waals surface area contributed by atoms with Crippen molar-refractivity contribution in [3.63, 3.8) is 0 Å². The van der Waals surface area contributed by atoms with Gasteiger partial charge in [-0.1, -0.05) is 33.6 Å². The first kappa shape index (κ1) is 25.2. The molecule has 1 amide bonds. The molecule has 0 atom stereocenters. The first-order chi connectivity index (χ1) is 9.92. The molecular weight excluding hydrogens is 333 g/mol. The van der Waals surface area contributed by atoms with Crippen LogP contribution in [0.3, 0.4) is 0 Å². The van der Waals surface area contributed by atoms with Gasteiger partial charge < -0.3 is 10.6 Å². The van der Waals surface area contributed by atoms with Gasteiger partial charge in [0.25, 0.3) is 0 Å². The van der Waals surface area contributed by atoms with Gasteiger partial charge in [0.05, 0.1) is 0 Å². The molecule has 1 fully saturated rings. The van der Waals surface area contributed by atoms with Crippen LogP contribution in [0.25, 0.3) is 0 Å². The molecule has 1 rings (SSSR count). The normalized spacial score (nSPS) is 15.7. The van der Waals surface area contributed by atoms with Gasteiger partial charge in [0, 0.05) is 32.6 Å². The van der Waals surface area contributed by atoms with Crippen molar-refractivity contribution in [2.24, 2.45) is 11.1 Å². The first-order valence-electron chi connectivity index (χ1n) is 8.62.